The second-order valence-corrected chi connectivity index (χ2v) is 7.68. The van der Waals surface area contributed by atoms with Crippen LogP contribution in [0.15, 0.2) is 27.8 Å². The van der Waals surface area contributed by atoms with E-state index in [9.17, 15) is 0 Å². The maximum absolute atomic E-state index is 5.46. The van der Waals surface area contributed by atoms with Gasteiger partial charge in [-0.15, -0.1) is 24.0 Å². The number of morpholine rings is 2. The molecule has 1 unspecified atom stereocenters. The van der Waals surface area contributed by atoms with Crippen LogP contribution in [0.1, 0.15) is 19.1 Å². The molecule has 8 nitrogen and oxygen atoms in total. The summed E-state index contributed by atoms with van der Waals surface area (Å²) in [5.41, 5.74) is 0. The fourth-order valence-electron chi connectivity index (χ4n) is 3.62. The van der Waals surface area contributed by atoms with Crippen molar-refractivity contribution < 1.29 is 13.9 Å². The van der Waals surface area contributed by atoms with Crippen LogP contribution < -0.4 is 10.6 Å². The normalized spacial score (nSPS) is 19.8. The van der Waals surface area contributed by atoms with Gasteiger partial charge in [-0.05, 0) is 32.0 Å². The number of guanidine groups is 1. The van der Waals surface area contributed by atoms with Crippen molar-refractivity contribution in [2.45, 2.75) is 25.8 Å². The summed E-state index contributed by atoms with van der Waals surface area (Å²) in [7, 11) is 0. The van der Waals surface area contributed by atoms with Crippen LogP contribution in [0.3, 0.4) is 0 Å². The fourth-order valence-corrected chi connectivity index (χ4v) is 3.62. The first-order valence-corrected chi connectivity index (χ1v) is 11.0. The first kappa shape index (κ1) is 25.4. The third-order valence-electron chi connectivity index (χ3n) is 5.47. The van der Waals surface area contributed by atoms with Gasteiger partial charge in [0.1, 0.15) is 5.76 Å². The summed E-state index contributed by atoms with van der Waals surface area (Å²) < 4.78 is 16.3. The minimum absolute atomic E-state index is 0. The molecular formula is C21H38IN5O3. The second kappa shape index (κ2) is 15.0. The Labute approximate surface area is 197 Å². The molecular weight excluding hydrogens is 497 g/mol. The molecule has 0 bridgehead atoms. The average Bonchev–Trinajstić information content (AvgIpc) is 3.29. The monoisotopic (exact) mass is 535 g/mol. The van der Waals surface area contributed by atoms with Gasteiger partial charge in [0.2, 0.25) is 0 Å². The number of furan rings is 1. The predicted molar refractivity (Wildman–Crippen MR) is 130 cm³/mol. The molecule has 2 N–H and O–H groups in total. The van der Waals surface area contributed by atoms with E-state index in [-0.39, 0.29) is 24.0 Å². The molecule has 172 valence electrons. The van der Waals surface area contributed by atoms with Crippen molar-refractivity contribution in [3.8, 4) is 0 Å². The van der Waals surface area contributed by atoms with Crippen LogP contribution in [-0.2, 0) is 15.9 Å². The molecule has 2 fully saturated rings. The van der Waals surface area contributed by atoms with Gasteiger partial charge < -0.3 is 24.5 Å². The van der Waals surface area contributed by atoms with Crippen LogP contribution in [-0.4, -0.2) is 101 Å². The van der Waals surface area contributed by atoms with E-state index in [2.05, 4.69) is 27.4 Å². The number of hydrogen-bond acceptors (Lipinski definition) is 6. The largest absolute Gasteiger partial charge is 0.469 e. The van der Waals surface area contributed by atoms with E-state index in [1.165, 1.54) is 0 Å². The molecule has 0 spiro atoms. The van der Waals surface area contributed by atoms with Gasteiger partial charge in [0.25, 0.3) is 0 Å². The molecule has 0 saturated carbocycles. The van der Waals surface area contributed by atoms with Crippen LogP contribution in [0.2, 0.25) is 0 Å². The van der Waals surface area contributed by atoms with Crippen molar-refractivity contribution in [1.82, 2.24) is 20.4 Å². The molecule has 3 rings (SSSR count). The van der Waals surface area contributed by atoms with Crippen LogP contribution >= 0.6 is 24.0 Å². The summed E-state index contributed by atoms with van der Waals surface area (Å²) in [6.07, 6.45) is 3.66. The van der Waals surface area contributed by atoms with Gasteiger partial charge in [-0.25, -0.2) is 0 Å². The first-order valence-electron chi connectivity index (χ1n) is 11.0. The van der Waals surface area contributed by atoms with Gasteiger partial charge in [0, 0.05) is 51.7 Å². The standard InChI is InChI=1S/C21H37N5O3.HI/c1-19(26-11-16-28-17-12-26)18-24-21(23-7-5-20-4-2-13-29-20)22-6-3-8-25-9-14-27-15-10-25;/h2,4,13,19H,3,5-12,14-18H2,1H3,(H2,22,23,24);1H. The lowest BCUT2D eigenvalue weighted by Crippen LogP contribution is -2.45. The second-order valence-electron chi connectivity index (χ2n) is 7.68. The van der Waals surface area contributed by atoms with Crippen LogP contribution in [0.5, 0.6) is 0 Å². The van der Waals surface area contributed by atoms with Gasteiger partial charge >= 0.3 is 0 Å². The van der Waals surface area contributed by atoms with E-state index >= 15 is 0 Å². The van der Waals surface area contributed by atoms with Crippen molar-refractivity contribution in [1.29, 1.82) is 0 Å². The molecule has 9 heteroatoms. The number of aliphatic imine (C=N–C) groups is 1. The molecule has 2 aliphatic heterocycles. The quantitative estimate of drug-likeness (QED) is 0.203. The number of halogens is 1. The maximum Gasteiger partial charge on any atom is 0.191 e. The van der Waals surface area contributed by atoms with Crippen molar-refractivity contribution in [3.05, 3.63) is 24.2 Å². The van der Waals surface area contributed by atoms with Gasteiger partial charge in [-0.1, -0.05) is 0 Å². The minimum Gasteiger partial charge on any atom is -0.469 e. The Hall–Kier alpha value is -0.880. The zero-order valence-corrected chi connectivity index (χ0v) is 20.5. The summed E-state index contributed by atoms with van der Waals surface area (Å²) in [6, 6.07) is 4.35. The number of nitrogens with zero attached hydrogens (tertiary/aromatic N) is 3. The molecule has 0 amide bonds. The number of hydrogen-bond donors (Lipinski definition) is 2. The lowest BCUT2D eigenvalue weighted by Gasteiger charge is -2.31. The molecule has 30 heavy (non-hydrogen) atoms. The summed E-state index contributed by atoms with van der Waals surface area (Å²) >= 11 is 0. The van der Waals surface area contributed by atoms with Gasteiger partial charge in [0.15, 0.2) is 5.96 Å². The summed E-state index contributed by atoms with van der Waals surface area (Å²) in [5, 5.41) is 6.96. The van der Waals surface area contributed by atoms with Crippen LogP contribution in [0.4, 0.5) is 0 Å². The topological polar surface area (TPSA) is 74.5 Å². The highest BCUT2D eigenvalue weighted by atomic mass is 127. The van der Waals surface area contributed by atoms with Crippen molar-refractivity contribution in [3.63, 3.8) is 0 Å². The Balaban J connectivity index is 0.00000320. The Morgan fingerprint density at radius 3 is 2.47 bits per heavy atom. The van der Waals surface area contributed by atoms with Crippen molar-refractivity contribution >= 4 is 29.9 Å². The Kier molecular flexibility index (Phi) is 12.7. The van der Waals surface area contributed by atoms with Gasteiger partial charge in [-0.2, -0.15) is 0 Å². The predicted octanol–water partition coefficient (Wildman–Crippen LogP) is 1.42. The lowest BCUT2D eigenvalue weighted by atomic mass is 10.2. The highest BCUT2D eigenvalue weighted by Gasteiger charge is 2.16. The van der Waals surface area contributed by atoms with E-state index in [1.807, 2.05) is 12.1 Å². The van der Waals surface area contributed by atoms with E-state index < -0.39 is 0 Å². The minimum atomic E-state index is 0. The summed E-state index contributed by atoms with van der Waals surface area (Å²) in [5.74, 6) is 1.88. The summed E-state index contributed by atoms with van der Waals surface area (Å²) in [6.45, 7) is 13.2. The third kappa shape index (κ3) is 9.51. The molecule has 1 aromatic rings. The van der Waals surface area contributed by atoms with Crippen molar-refractivity contribution in [2.75, 3.05) is 78.8 Å². The number of rotatable bonds is 10. The third-order valence-corrected chi connectivity index (χ3v) is 5.47. The molecule has 0 aromatic carbocycles. The average molecular weight is 535 g/mol. The summed E-state index contributed by atoms with van der Waals surface area (Å²) in [4.78, 5) is 9.77. The van der Waals surface area contributed by atoms with Crippen LogP contribution in [0, 0.1) is 0 Å². The number of ether oxygens (including phenoxy) is 2. The van der Waals surface area contributed by atoms with Gasteiger partial charge in [-0.3, -0.25) is 14.8 Å². The molecule has 1 aromatic heterocycles. The van der Waals surface area contributed by atoms with E-state index in [0.29, 0.717) is 6.04 Å². The van der Waals surface area contributed by atoms with E-state index in [4.69, 9.17) is 18.9 Å². The smallest absolute Gasteiger partial charge is 0.191 e. The lowest BCUT2D eigenvalue weighted by molar-refractivity contribution is 0.0220. The molecule has 2 aliphatic rings. The molecule has 0 aliphatic carbocycles. The molecule has 1 atom stereocenters. The van der Waals surface area contributed by atoms with Gasteiger partial charge in [0.05, 0.1) is 39.2 Å². The highest BCUT2D eigenvalue weighted by Crippen LogP contribution is 2.04. The molecule has 3 heterocycles. The maximum atomic E-state index is 5.46. The zero-order chi connectivity index (χ0) is 20.2. The number of nitrogens with one attached hydrogen (secondary N) is 2. The van der Waals surface area contributed by atoms with E-state index in [1.54, 1.807) is 6.26 Å². The van der Waals surface area contributed by atoms with Crippen LogP contribution in [0.25, 0.3) is 0 Å². The Bertz CT molecular complexity index is 575. The molecule has 2 saturated heterocycles. The zero-order valence-electron chi connectivity index (χ0n) is 18.2. The molecule has 0 radical (unpaired) electrons. The Morgan fingerprint density at radius 2 is 1.77 bits per heavy atom. The Morgan fingerprint density at radius 1 is 1.07 bits per heavy atom. The fraction of sp³-hybridized carbons (Fsp3) is 0.762. The van der Waals surface area contributed by atoms with Crippen molar-refractivity contribution in [2.24, 2.45) is 4.99 Å². The first-order chi connectivity index (χ1) is 14.3. The van der Waals surface area contributed by atoms with E-state index in [0.717, 1.165) is 103 Å². The highest BCUT2D eigenvalue weighted by molar-refractivity contribution is 14.0. The SMILES string of the molecule is CC(CN=C(NCCCN1CCOCC1)NCCc1ccco1)N1CCOCC1.I.